The highest BCUT2D eigenvalue weighted by Crippen LogP contribution is 2.08. The summed E-state index contributed by atoms with van der Waals surface area (Å²) in [5, 5.41) is 16.7. The van der Waals surface area contributed by atoms with Gasteiger partial charge in [-0.2, -0.15) is 5.10 Å². The fraction of sp³-hybridized carbons (Fsp3) is 0.400. The molecule has 0 aliphatic rings. The standard InChI is InChI=1S/C15H20N4O2/c1-3-11(2)14(20)10-17-15(21)13-9-12(5-7-16-13)19-8-4-6-18-19/h4-9,11,14,20H,3,10H2,1-2H3,(H,17,21)/t11-,14+/m1/s1. The lowest BCUT2D eigenvalue weighted by molar-refractivity contribution is 0.0846. The number of amides is 1. The van der Waals surface area contributed by atoms with Crippen molar-refractivity contribution in [2.75, 3.05) is 6.54 Å². The zero-order valence-electron chi connectivity index (χ0n) is 12.2. The van der Waals surface area contributed by atoms with Gasteiger partial charge in [-0.15, -0.1) is 0 Å². The van der Waals surface area contributed by atoms with Gasteiger partial charge in [0.25, 0.3) is 5.91 Å². The maximum Gasteiger partial charge on any atom is 0.270 e. The van der Waals surface area contributed by atoms with Crippen LogP contribution in [0.2, 0.25) is 0 Å². The van der Waals surface area contributed by atoms with Gasteiger partial charge in [0.2, 0.25) is 0 Å². The molecule has 2 atom stereocenters. The lowest BCUT2D eigenvalue weighted by atomic mass is 10.0. The van der Waals surface area contributed by atoms with Crippen molar-refractivity contribution >= 4 is 5.91 Å². The average Bonchev–Trinajstić information content (AvgIpc) is 3.06. The molecule has 2 rings (SSSR count). The molecule has 0 fully saturated rings. The molecule has 0 saturated carbocycles. The normalized spacial score (nSPS) is 13.7. The summed E-state index contributed by atoms with van der Waals surface area (Å²) in [6.07, 6.45) is 5.35. The molecule has 112 valence electrons. The first-order valence-electron chi connectivity index (χ1n) is 7.04. The Balaban J connectivity index is 2.01. The topological polar surface area (TPSA) is 80.0 Å². The Morgan fingerprint density at radius 1 is 1.48 bits per heavy atom. The Morgan fingerprint density at radius 3 is 2.95 bits per heavy atom. The molecular weight excluding hydrogens is 268 g/mol. The molecule has 0 aromatic carbocycles. The van der Waals surface area contributed by atoms with Crippen LogP contribution in [0.3, 0.4) is 0 Å². The Kier molecular flexibility index (Phi) is 5.05. The largest absolute Gasteiger partial charge is 0.391 e. The van der Waals surface area contributed by atoms with Gasteiger partial charge in [0.1, 0.15) is 5.69 Å². The molecule has 6 nitrogen and oxygen atoms in total. The van der Waals surface area contributed by atoms with Crippen molar-refractivity contribution in [2.24, 2.45) is 5.92 Å². The number of carbonyl (C=O) groups is 1. The minimum Gasteiger partial charge on any atom is -0.391 e. The predicted octanol–water partition coefficient (Wildman–Crippen LogP) is 1.40. The molecule has 0 unspecified atom stereocenters. The molecule has 0 aliphatic heterocycles. The first-order valence-corrected chi connectivity index (χ1v) is 7.04. The van der Waals surface area contributed by atoms with Gasteiger partial charge in [-0.25, -0.2) is 4.68 Å². The van der Waals surface area contributed by atoms with Crippen LogP contribution in [-0.2, 0) is 0 Å². The van der Waals surface area contributed by atoms with E-state index in [4.69, 9.17) is 0 Å². The van der Waals surface area contributed by atoms with Crippen LogP contribution < -0.4 is 5.32 Å². The van der Waals surface area contributed by atoms with Crippen molar-refractivity contribution < 1.29 is 9.90 Å². The second kappa shape index (κ2) is 6.99. The minimum atomic E-state index is -0.548. The lowest BCUT2D eigenvalue weighted by Gasteiger charge is -2.17. The van der Waals surface area contributed by atoms with Crippen molar-refractivity contribution in [1.82, 2.24) is 20.1 Å². The third-order valence-electron chi connectivity index (χ3n) is 3.52. The average molecular weight is 288 g/mol. The summed E-state index contributed by atoms with van der Waals surface area (Å²) in [4.78, 5) is 16.1. The molecule has 2 heterocycles. The second-order valence-corrected chi connectivity index (χ2v) is 5.01. The molecule has 0 spiro atoms. The molecule has 0 aliphatic carbocycles. The number of nitrogens with zero attached hydrogens (tertiary/aromatic N) is 3. The van der Waals surface area contributed by atoms with Crippen molar-refractivity contribution in [3.05, 3.63) is 42.5 Å². The van der Waals surface area contributed by atoms with Crippen molar-refractivity contribution in [3.63, 3.8) is 0 Å². The molecule has 21 heavy (non-hydrogen) atoms. The first-order chi connectivity index (χ1) is 10.1. The highest BCUT2D eigenvalue weighted by Gasteiger charge is 2.15. The highest BCUT2D eigenvalue weighted by atomic mass is 16.3. The van der Waals surface area contributed by atoms with E-state index in [1.54, 1.807) is 35.4 Å². The summed E-state index contributed by atoms with van der Waals surface area (Å²) in [7, 11) is 0. The molecule has 0 saturated heterocycles. The highest BCUT2D eigenvalue weighted by molar-refractivity contribution is 5.92. The predicted molar refractivity (Wildman–Crippen MR) is 79.2 cm³/mol. The van der Waals surface area contributed by atoms with Crippen LogP contribution in [0, 0.1) is 5.92 Å². The number of hydrogen-bond donors (Lipinski definition) is 2. The SMILES string of the molecule is CC[C@@H](C)[C@@H](O)CNC(=O)c1cc(-n2cccn2)ccn1. The van der Waals surface area contributed by atoms with Gasteiger partial charge < -0.3 is 10.4 Å². The smallest absolute Gasteiger partial charge is 0.270 e. The summed E-state index contributed by atoms with van der Waals surface area (Å²) < 4.78 is 1.66. The molecule has 2 aromatic heterocycles. The molecule has 2 N–H and O–H groups in total. The number of aliphatic hydroxyl groups excluding tert-OH is 1. The summed E-state index contributed by atoms with van der Waals surface area (Å²) in [6, 6.07) is 5.25. The number of nitrogens with one attached hydrogen (secondary N) is 1. The van der Waals surface area contributed by atoms with Crippen LogP contribution in [0.15, 0.2) is 36.8 Å². The molecule has 0 bridgehead atoms. The summed E-state index contributed by atoms with van der Waals surface area (Å²) in [5.41, 5.74) is 1.07. The van der Waals surface area contributed by atoms with Gasteiger partial charge in [0, 0.05) is 25.1 Å². The lowest BCUT2D eigenvalue weighted by Crippen LogP contribution is -2.35. The number of aliphatic hydroxyl groups is 1. The van der Waals surface area contributed by atoms with E-state index in [2.05, 4.69) is 15.4 Å². The van der Waals surface area contributed by atoms with Crippen LogP contribution in [0.4, 0.5) is 0 Å². The molecule has 1 amide bonds. The number of rotatable bonds is 6. The van der Waals surface area contributed by atoms with E-state index in [0.717, 1.165) is 12.1 Å². The van der Waals surface area contributed by atoms with Gasteiger partial charge in [-0.1, -0.05) is 20.3 Å². The number of carbonyl (C=O) groups excluding carboxylic acids is 1. The Bertz CT molecular complexity index is 583. The van der Waals surface area contributed by atoms with Crippen LogP contribution in [0.25, 0.3) is 5.69 Å². The Hall–Kier alpha value is -2.21. The van der Waals surface area contributed by atoms with E-state index in [-0.39, 0.29) is 18.4 Å². The first kappa shape index (κ1) is 15.2. The fourth-order valence-corrected chi connectivity index (χ4v) is 1.87. The summed E-state index contributed by atoms with van der Waals surface area (Å²) in [6.45, 7) is 4.18. The van der Waals surface area contributed by atoms with Crippen molar-refractivity contribution in [2.45, 2.75) is 26.4 Å². The van der Waals surface area contributed by atoms with E-state index >= 15 is 0 Å². The molecule has 6 heteroatoms. The minimum absolute atomic E-state index is 0.147. The third-order valence-corrected chi connectivity index (χ3v) is 3.52. The Labute approximate surface area is 123 Å². The molecular formula is C15H20N4O2. The van der Waals surface area contributed by atoms with Crippen LogP contribution >= 0.6 is 0 Å². The molecule has 2 aromatic rings. The van der Waals surface area contributed by atoms with Crippen molar-refractivity contribution in [1.29, 1.82) is 0 Å². The maximum absolute atomic E-state index is 12.1. The van der Waals surface area contributed by atoms with Crippen LogP contribution in [0.1, 0.15) is 30.8 Å². The van der Waals surface area contributed by atoms with Gasteiger partial charge in [-0.3, -0.25) is 9.78 Å². The zero-order valence-corrected chi connectivity index (χ0v) is 12.2. The number of aromatic nitrogens is 3. The van der Waals surface area contributed by atoms with Gasteiger partial charge in [0.05, 0.1) is 11.8 Å². The molecule has 0 radical (unpaired) electrons. The number of pyridine rings is 1. The second-order valence-electron chi connectivity index (χ2n) is 5.01. The number of hydrogen-bond acceptors (Lipinski definition) is 4. The maximum atomic E-state index is 12.1. The van der Waals surface area contributed by atoms with Crippen LogP contribution in [-0.4, -0.2) is 38.4 Å². The van der Waals surface area contributed by atoms with Crippen LogP contribution in [0.5, 0.6) is 0 Å². The van der Waals surface area contributed by atoms with Gasteiger partial charge in [-0.05, 0) is 24.1 Å². The van der Waals surface area contributed by atoms with E-state index in [1.165, 1.54) is 0 Å². The summed E-state index contributed by atoms with van der Waals surface area (Å²) >= 11 is 0. The fourth-order valence-electron chi connectivity index (χ4n) is 1.87. The Morgan fingerprint density at radius 2 is 2.29 bits per heavy atom. The summed E-state index contributed by atoms with van der Waals surface area (Å²) in [5.74, 6) is -0.153. The van der Waals surface area contributed by atoms with Gasteiger partial charge in [0.15, 0.2) is 0 Å². The quantitative estimate of drug-likeness (QED) is 0.842. The van der Waals surface area contributed by atoms with E-state index < -0.39 is 6.10 Å². The monoisotopic (exact) mass is 288 g/mol. The van der Waals surface area contributed by atoms with E-state index in [0.29, 0.717) is 5.69 Å². The van der Waals surface area contributed by atoms with E-state index in [9.17, 15) is 9.90 Å². The third kappa shape index (κ3) is 3.88. The van der Waals surface area contributed by atoms with Gasteiger partial charge >= 0.3 is 0 Å². The van der Waals surface area contributed by atoms with E-state index in [1.807, 2.05) is 19.9 Å². The van der Waals surface area contributed by atoms with Crippen molar-refractivity contribution in [3.8, 4) is 5.69 Å². The zero-order chi connectivity index (χ0) is 15.2.